The zero-order valence-electron chi connectivity index (χ0n) is 21.2. The van der Waals surface area contributed by atoms with Gasteiger partial charge in [-0.1, -0.05) is 12.6 Å². The summed E-state index contributed by atoms with van der Waals surface area (Å²) in [6.45, 7) is 12.6. The van der Waals surface area contributed by atoms with Gasteiger partial charge >= 0.3 is 11.9 Å². The number of thiophene rings is 3. The summed E-state index contributed by atoms with van der Waals surface area (Å²) in [5.74, 6) is -0.205. The van der Waals surface area contributed by atoms with Crippen LogP contribution in [0, 0.1) is 0 Å². The zero-order valence-corrected chi connectivity index (χ0v) is 23.7. The first-order valence-corrected chi connectivity index (χ1v) is 14.5. The normalized spacial score (nSPS) is 11.5. The molecule has 0 bridgehead atoms. The molecule has 0 atom stereocenters. The van der Waals surface area contributed by atoms with Gasteiger partial charge in [-0.25, -0.2) is 9.59 Å². The second kappa shape index (κ2) is 11.9. The van der Waals surface area contributed by atoms with Crippen molar-refractivity contribution < 1.29 is 23.8 Å². The maximum atomic E-state index is 13.1. The topological polar surface area (TPSA) is 61.8 Å². The van der Waals surface area contributed by atoms with E-state index >= 15 is 0 Å². The highest BCUT2D eigenvalue weighted by Crippen LogP contribution is 2.43. The van der Waals surface area contributed by atoms with Gasteiger partial charge in [0.2, 0.25) is 0 Å². The molecule has 0 aliphatic carbocycles. The number of allylic oxidation sites excluding steroid dienone is 2. The summed E-state index contributed by atoms with van der Waals surface area (Å²) in [7, 11) is 0. The van der Waals surface area contributed by atoms with Crippen LogP contribution in [0.5, 0.6) is 0 Å². The van der Waals surface area contributed by atoms with E-state index in [1.807, 2.05) is 37.4 Å². The maximum absolute atomic E-state index is 13.1. The Bertz CT molecular complexity index is 1440. The van der Waals surface area contributed by atoms with E-state index in [4.69, 9.17) is 14.2 Å². The number of benzene rings is 1. The minimum Gasteiger partial charge on any atom is -0.495 e. The molecule has 0 N–H and O–H groups in total. The lowest BCUT2D eigenvalue weighted by molar-refractivity contribution is 0.0513. The lowest BCUT2D eigenvalue weighted by Crippen LogP contribution is -2.11. The van der Waals surface area contributed by atoms with E-state index in [1.165, 1.54) is 11.3 Å². The average molecular weight is 553 g/mol. The number of hydrogen-bond donors (Lipinski definition) is 0. The SMILES string of the molecule is C=C(C=C(C)c1cc2sc(-c3cc(C(=O)OCC)c(-c4cccs4)cc3C(=O)OCC)cc2s1)OCC. The summed E-state index contributed by atoms with van der Waals surface area (Å²) in [5, 5.41) is 1.94. The van der Waals surface area contributed by atoms with Gasteiger partial charge in [-0.15, -0.1) is 34.0 Å². The fourth-order valence-corrected chi connectivity index (χ4v) is 7.05. The first-order chi connectivity index (χ1) is 17.9. The highest BCUT2D eigenvalue weighted by molar-refractivity contribution is 7.30. The van der Waals surface area contributed by atoms with Gasteiger partial charge in [0.25, 0.3) is 0 Å². The van der Waals surface area contributed by atoms with Crippen LogP contribution in [-0.4, -0.2) is 31.8 Å². The summed E-state index contributed by atoms with van der Waals surface area (Å²) in [6, 6.07) is 11.6. The van der Waals surface area contributed by atoms with Gasteiger partial charge in [-0.2, -0.15) is 0 Å². The van der Waals surface area contributed by atoms with Crippen molar-refractivity contribution in [2.75, 3.05) is 19.8 Å². The lowest BCUT2D eigenvalue weighted by atomic mass is 9.96. The Morgan fingerprint density at radius 2 is 1.43 bits per heavy atom. The van der Waals surface area contributed by atoms with E-state index < -0.39 is 11.9 Å². The standard InChI is InChI=1S/C29H28O5S3/c1-6-32-18(5)12-17(4)24-15-26-27(36-24)16-25(37-26)20-14-21(28(30)33-7-2)19(23-10-9-11-35-23)13-22(20)29(31)34-8-3/h9-16H,5-8H2,1-4H3. The van der Waals surface area contributed by atoms with Crippen molar-refractivity contribution in [3.05, 3.63) is 76.2 Å². The molecule has 0 aliphatic heterocycles. The third-order valence-electron chi connectivity index (χ3n) is 5.50. The molecule has 5 nitrogen and oxygen atoms in total. The first kappa shape index (κ1) is 26.9. The lowest BCUT2D eigenvalue weighted by Gasteiger charge is -2.14. The van der Waals surface area contributed by atoms with Crippen LogP contribution in [0.3, 0.4) is 0 Å². The Hall–Kier alpha value is -3.20. The molecule has 3 heterocycles. The molecule has 4 rings (SSSR count). The molecule has 0 saturated carbocycles. The van der Waals surface area contributed by atoms with Gasteiger partial charge < -0.3 is 14.2 Å². The van der Waals surface area contributed by atoms with E-state index in [9.17, 15) is 9.59 Å². The van der Waals surface area contributed by atoms with Crippen molar-refractivity contribution in [3.8, 4) is 20.9 Å². The van der Waals surface area contributed by atoms with E-state index in [0.29, 0.717) is 34.6 Å². The summed E-state index contributed by atoms with van der Waals surface area (Å²) in [6.07, 6.45) is 1.94. The Morgan fingerprint density at radius 1 is 0.838 bits per heavy atom. The second-order valence-electron chi connectivity index (χ2n) is 8.04. The molecule has 3 aromatic heterocycles. The Kier molecular flexibility index (Phi) is 8.63. The number of esters is 2. The van der Waals surface area contributed by atoms with Gasteiger partial charge in [0.05, 0.1) is 30.9 Å². The second-order valence-corrected chi connectivity index (χ2v) is 11.2. The molecule has 1 aromatic carbocycles. The van der Waals surface area contributed by atoms with Crippen LogP contribution in [0.4, 0.5) is 0 Å². The number of fused-ring (bicyclic) bond motifs is 1. The number of ether oxygens (including phenoxy) is 3. The number of rotatable bonds is 10. The minimum atomic E-state index is -0.420. The molecule has 0 aliphatic rings. The highest BCUT2D eigenvalue weighted by Gasteiger charge is 2.24. The predicted molar refractivity (Wildman–Crippen MR) is 155 cm³/mol. The largest absolute Gasteiger partial charge is 0.495 e. The van der Waals surface area contributed by atoms with E-state index in [2.05, 4.69) is 18.7 Å². The van der Waals surface area contributed by atoms with E-state index in [1.54, 1.807) is 48.7 Å². The monoisotopic (exact) mass is 552 g/mol. The van der Waals surface area contributed by atoms with Crippen LogP contribution < -0.4 is 0 Å². The van der Waals surface area contributed by atoms with E-state index in [-0.39, 0.29) is 13.2 Å². The third-order valence-corrected chi connectivity index (χ3v) is 8.87. The summed E-state index contributed by atoms with van der Waals surface area (Å²) >= 11 is 4.74. The Morgan fingerprint density at radius 3 is 1.97 bits per heavy atom. The van der Waals surface area contributed by atoms with Gasteiger partial charge in [-0.05, 0) is 75.1 Å². The third kappa shape index (κ3) is 5.87. The predicted octanol–water partition coefficient (Wildman–Crippen LogP) is 8.67. The molecule has 0 radical (unpaired) electrons. The molecule has 0 saturated heterocycles. The fourth-order valence-electron chi connectivity index (χ4n) is 3.90. The molecule has 0 unspecified atom stereocenters. The molecule has 8 heteroatoms. The Labute approximate surface area is 228 Å². The number of carbonyl (C=O) groups excluding carboxylic acids is 2. The van der Waals surface area contributed by atoms with Crippen molar-refractivity contribution in [1.82, 2.24) is 0 Å². The minimum absolute atomic E-state index is 0.258. The molecule has 0 spiro atoms. The molecule has 37 heavy (non-hydrogen) atoms. The molecule has 4 aromatic rings. The van der Waals surface area contributed by atoms with Crippen molar-refractivity contribution >= 4 is 60.9 Å². The maximum Gasteiger partial charge on any atom is 0.338 e. The molecular formula is C29H28O5S3. The van der Waals surface area contributed by atoms with Gasteiger partial charge in [-0.3, -0.25) is 0 Å². The number of hydrogen-bond acceptors (Lipinski definition) is 8. The van der Waals surface area contributed by atoms with Gasteiger partial charge in [0.15, 0.2) is 0 Å². The molecular weight excluding hydrogens is 525 g/mol. The zero-order chi connectivity index (χ0) is 26.5. The van der Waals surface area contributed by atoms with Crippen molar-refractivity contribution in [2.45, 2.75) is 27.7 Å². The molecule has 192 valence electrons. The Balaban J connectivity index is 1.83. The summed E-state index contributed by atoms with van der Waals surface area (Å²) in [4.78, 5) is 28.9. The van der Waals surface area contributed by atoms with Crippen molar-refractivity contribution in [1.29, 1.82) is 0 Å². The molecule has 0 amide bonds. The average Bonchev–Trinajstić information content (AvgIpc) is 3.60. The van der Waals surface area contributed by atoms with Crippen molar-refractivity contribution in [3.63, 3.8) is 0 Å². The summed E-state index contributed by atoms with van der Waals surface area (Å²) in [5.41, 5.74) is 3.25. The van der Waals surface area contributed by atoms with Gasteiger partial charge in [0.1, 0.15) is 5.76 Å². The van der Waals surface area contributed by atoms with E-state index in [0.717, 1.165) is 29.6 Å². The van der Waals surface area contributed by atoms with Crippen LogP contribution in [0.25, 0.3) is 35.9 Å². The van der Waals surface area contributed by atoms with Crippen LogP contribution in [0.15, 0.2) is 60.2 Å². The first-order valence-electron chi connectivity index (χ1n) is 12.0. The van der Waals surface area contributed by atoms with Gasteiger partial charge in [0, 0.05) is 35.2 Å². The van der Waals surface area contributed by atoms with Crippen LogP contribution in [-0.2, 0) is 14.2 Å². The van der Waals surface area contributed by atoms with Crippen LogP contribution in [0.1, 0.15) is 53.3 Å². The van der Waals surface area contributed by atoms with Crippen molar-refractivity contribution in [2.24, 2.45) is 0 Å². The quantitative estimate of drug-likeness (QED) is 0.112. The smallest absolute Gasteiger partial charge is 0.338 e. The fraction of sp³-hybridized carbons (Fsp3) is 0.241. The van der Waals surface area contributed by atoms with Crippen LogP contribution >= 0.6 is 34.0 Å². The molecule has 0 fully saturated rings. The van der Waals surface area contributed by atoms with Crippen LogP contribution in [0.2, 0.25) is 0 Å². The summed E-state index contributed by atoms with van der Waals surface area (Å²) < 4.78 is 18.4. The highest BCUT2D eigenvalue weighted by atomic mass is 32.1. The number of carbonyl (C=O) groups is 2.